The molecule has 1 atom stereocenters. The molecular formula is C4H10O3S. The summed E-state index contributed by atoms with van der Waals surface area (Å²) in [5.74, 6) is 0.311. The van der Waals surface area contributed by atoms with Crippen molar-refractivity contribution in [3.63, 3.8) is 0 Å². The third-order valence-corrected chi connectivity index (χ3v) is 0.840. The standard InChI is InChI=1S/C4H10O3S/c1-4(2)3-7-8(5)6/h4H,3H2,1-2H3,(H,5,6). The number of hydrogen-bond donors (Lipinski definition) is 1. The zero-order valence-corrected chi connectivity index (χ0v) is 5.77. The Morgan fingerprint density at radius 1 is 1.75 bits per heavy atom. The minimum absolute atomic E-state index is 0.311. The molecule has 0 aromatic rings. The topological polar surface area (TPSA) is 46.5 Å². The Labute approximate surface area is 51.5 Å². The molecular weight excluding hydrogens is 128 g/mol. The summed E-state index contributed by atoms with van der Waals surface area (Å²) in [5, 5.41) is 0. The van der Waals surface area contributed by atoms with E-state index in [2.05, 4.69) is 4.18 Å². The van der Waals surface area contributed by atoms with Gasteiger partial charge >= 0.3 is 11.4 Å². The van der Waals surface area contributed by atoms with Crippen LogP contribution in [0.1, 0.15) is 13.8 Å². The van der Waals surface area contributed by atoms with Crippen molar-refractivity contribution in [3.8, 4) is 0 Å². The van der Waals surface area contributed by atoms with Crippen LogP contribution in [0.2, 0.25) is 0 Å². The number of hydrogen-bond acceptors (Lipinski definition) is 2. The van der Waals surface area contributed by atoms with Crippen LogP contribution in [0.25, 0.3) is 0 Å². The first kappa shape index (κ1) is 8.07. The molecule has 0 rings (SSSR count). The van der Waals surface area contributed by atoms with E-state index in [0.29, 0.717) is 12.5 Å². The lowest BCUT2D eigenvalue weighted by molar-refractivity contribution is 0.267. The molecule has 0 aliphatic heterocycles. The van der Waals surface area contributed by atoms with Crippen LogP contribution in [0, 0.1) is 5.92 Å². The Morgan fingerprint density at radius 3 is 2.38 bits per heavy atom. The van der Waals surface area contributed by atoms with Crippen molar-refractivity contribution < 1.29 is 12.9 Å². The predicted molar refractivity (Wildman–Crippen MR) is 31.6 cm³/mol. The Kier molecular flexibility index (Phi) is 4.03. The van der Waals surface area contributed by atoms with Crippen molar-refractivity contribution in [3.05, 3.63) is 0 Å². The second kappa shape index (κ2) is 4.00. The second-order valence-corrected chi connectivity index (χ2v) is 2.57. The van der Waals surface area contributed by atoms with Crippen molar-refractivity contribution in [2.75, 3.05) is 6.61 Å². The van der Waals surface area contributed by atoms with Crippen LogP contribution in [0.15, 0.2) is 0 Å². The Morgan fingerprint density at radius 2 is 2.25 bits per heavy atom. The van der Waals surface area contributed by atoms with Crippen LogP contribution in [-0.4, -0.2) is 15.4 Å². The molecule has 0 heterocycles. The number of rotatable bonds is 3. The average molecular weight is 138 g/mol. The van der Waals surface area contributed by atoms with Gasteiger partial charge < -0.3 is 0 Å². The zero-order chi connectivity index (χ0) is 6.57. The largest absolute Gasteiger partial charge is 0.301 e. The van der Waals surface area contributed by atoms with Crippen molar-refractivity contribution in [2.24, 2.45) is 5.92 Å². The van der Waals surface area contributed by atoms with Crippen LogP contribution >= 0.6 is 0 Å². The third kappa shape index (κ3) is 6.07. The van der Waals surface area contributed by atoms with Crippen molar-refractivity contribution >= 4 is 11.4 Å². The Hall–Kier alpha value is 0.0700. The van der Waals surface area contributed by atoms with E-state index < -0.39 is 11.4 Å². The first-order valence-corrected chi connectivity index (χ1v) is 3.40. The van der Waals surface area contributed by atoms with E-state index in [1.165, 1.54) is 0 Å². The van der Waals surface area contributed by atoms with E-state index in [9.17, 15) is 4.21 Å². The van der Waals surface area contributed by atoms with Gasteiger partial charge in [-0.05, 0) is 5.92 Å². The third-order valence-electron chi connectivity index (χ3n) is 0.502. The van der Waals surface area contributed by atoms with Crippen molar-refractivity contribution in [1.82, 2.24) is 0 Å². The Balaban J connectivity index is 3.05. The molecule has 3 nitrogen and oxygen atoms in total. The van der Waals surface area contributed by atoms with Gasteiger partial charge in [-0.3, -0.25) is 8.74 Å². The van der Waals surface area contributed by atoms with Gasteiger partial charge in [0.05, 0.1) is 6.61 Å². The fourth-order valence-electron chi connectivity index (χ4n) is 0.194. The lowest BCUT2D eigenvalue weighted by atomic mass is 10.2. The van der Waals surface area contributed by atoms with E-state index >= 15 is 0 Å². The molecule has 0 aromatic carbocycles. The van der Waals surface area contributed by atoms with E-state index in [1.807, 2.05) is 13.8 Å². The predicted octanol–water partition coefficient (Wildman–Crippen LogP) is 0.796. The molecule has 0 spiro atoms. The molecule has 0 aliphatic rings. The summed E-state index contributed by atoms with van der Waals surface area (Å²) in [6.45, 7) is 4.16. The van der Waals surface area contributed by atoms with Gasteiger partial charge in [0.25, 0.3) is 0 Å². The fraction of sp³-hybridized carbons (Fsp3) is 1.00. The molecule has 0 aliphatic carbocycles. The van der Waals surface area contributed by atoms with Crippen LogP contribution in [0.3, 0.4) is 0 Å². The molecule has 0 radical (unpaired) electrons. The second-order valence-electron chi connectivity index (χ2n) is 1.90. The summed E-state index contributed by atoms with van der Waals surface area (Å²) in [5.41, 5.74) is 0. The maximum Gasteiger partial charge on any atom is 0.301 e. The van der Waals surface area contributed by atoms with Gasteiger partial charge in [-0.1, -0.05) is 13.8 Å². The maximum atomic E-state index is 9.79. The molecule has 0 amide bonds. The van der Waals surface area contributed by atoms with Gasteiger partial charge in [0.1, 0.15) is 0 Å². The van der Waals surface area contributed by atoms with E-state index in [1.54, 1.807) is 0 Å². The smallest absolute Gasteiger partial charge is 0.284 e. The molecule has 1 N–H and O–H groups in total. The fourth-order valence-corrected chi connectivity index (χ4v) is 0.583. The normalized spacial score (nSPS) is 14.5. The minimum atomic E-state index is -2.09. The molecule has 0 saturated carbocycles. The molecule has 8 heavy (non-hydrogen) atoms. The lowest BCUT2D eigenvalue weighted by Gasteiger charge is -1.99. The quantitative estimate of drug-likeness (QED) is 0.586. The summed E-state index contributed by atoms with van der Waals surface area (Å²) < 4.78 is 22.2. The Bertz CT molecular complexity index is 81.4. The lowest BCUT2D eigenvalue weighted by Crippen LogP contribution is -2.03. The van der Waals surface area contributed by atoms with Gasteiger partial charge in [0.2, 0.25) is 0 Å². The van der Waals surface area contributed by atoms with Crippen LogP contribution in [0.5, 0.6) is 0 Å². The highest BCUT2D eigenvalue weighted by Crippen LogP contribution is 1.92. The maximum absolute atomic E-state index is 9.79. The van der Waals surface area contributed by atoms with Gasteiger partial charge in [-0.25, -0.2) is 0 Å². The zero-order valence-electron chi connectivity index (χ0n) is 4.96. The highest BCUT2D eigenvalue weighted by molar-refractivity contribution is 7.74. The van der Waals surface area contributed by atoms with Crippen LogP contribution in [-0.2, 0) is 15.5 Å². The molecule has 0 aromatic heterocycles. The summed E-state index contributed by atoms with van der Waals surface area (Å²) in [6, 6.07) is 0. The minimum Gasteiger partial charge on any atom is -0.284 e. The molecule has 0 fully saturated rings. The van der Waals surface area contributed by atoms with Crippen molar-refractivity contribution in [1.29, 1.82) is 0 Å². The monoisotopic (exact) mass is 138 g/mol. The first-order valence-electron chi connectivity index (χ1n) is 2.37. The summed E-state index contributed by atoms with van der Waals surface area (Å²) in [7, 11) is 0. The molecule has 1 unspecified atom stereocenters. The summed E-state index contributed by atoms with van der Waals surface area (Å²) in [4.78, 5) is 0. The van der Waals surface area contributed by atoms with Crippen molar-refractivity contribution in [2.45, 2.75) is 13.8 Å². The van der Waals surface area contributed by atoms with Gasteiger partial charge in [0, 0.05) is 0 Å². The van der Waals surface area contributed by atoms with E-state index in [4.69, 9.17) is 4.55 Å². The van der Waals surface area contributed by atoms with Gasteiger partial charge in [-0.2, -0.15) is 4.21 Å². The SMILES string of the molecule is CC(C)COS(=O)O. The summed E-state index contributed by atoms with van der Waals surface area (Å²) in [6.07, 6.45) is 0. The summed E-state index contributed by atoms with van der Waals surface area (Å²) >= 11 is -2.09. The van der Waals surface area contributed by atoms with Gasteiger partial charge in [0.15, 0.2) is 0 Å². The highest BCUT2D eigenvalue weighted by Gasteiger charge is 1.95. The molecule has 0 bridgehead atoms. The van der Waals surface area contributed by atoms with E-state index in [-0.39, 0.29) is 0 Å². The van der Waals surface area contributed by atoms with E-state index in [0.717, 1.165) is 0 Å². The highest BCUT2D eigenvalue weighted by atomic mass is 32.2. The van der Waals surface area contributed by atoms with Crippen LogP contribution in [0.4, 0.5) is 0 Å². The molecule has 50 valence electrons. The van der Waals surface area contributed by atoms with Gasteiger partial charge in [-0.15, -0.1) is 0 Å². The average Bonchev–Trinajstić information content (AvgIpc) is 1.61. The first-order chi connectivity index (χ1) is 3.63. The van der Waals surface area contributed by atoms with Crippen LogP contribution < -0.4 is 0 Å². The molecule has 0 saturated heterocycles. The molecule has 4 heteroatoms.